The molecule has 0 saturated heterocycles. The minimum Gasteiger partial charge on any atom is -0.333 e. The van der Waals surface area contributed by atoms with E-state index in [0.717, 1.165) is 0 Å². The normalized spacial score (nSPS) is 10.9. The van der Waals surface area contributed by atoms with Crippen molar-refractivity contribution < 1.29 is 4.79 Å². The molecular weight excluding hydrogens is 323 g/mol. The zero-order valence-electron chi connectivity index (χ0n) is 11.2. The van der Waals surface area contributed by atoms with Crippen LogP contribution >= 0.6 is 34.8 Å². The lowest BCUT2D eigenvalue weighted by Gasteiger charge is -2.21. The fourth-order valence-corrected chi connectivity index (χ4v) is 1.91. The van der Waals surface area contributed by atoms with Crippen LogP contribution in [0.1, 0.15) is 20.8 Å². The number of anilines is 1. The third-order valence-corrected chi connectivity index (χ3v) is 3.14. The van der Waals surface area contributed by atoms with Crippen LogP contribution in [0.5, 0.6) is 0 Å². The molecule has 2 amide bonds. The molecule has 0 spiro atoms. The number of hydrogen-bond acceptors (Lipinski definition) is 2. The summed E-state index contributed by atoms with van der Waals surface area (Å²) in [6.45, 7) is 5.48. The summed E-state index contributed by atoms with van der Waals surface area (Å²) < 4.78 is 0. The number of amides is 2. The third kappa shape index (κ3) is 5.07. The number of hydrogen-bond donors (Lipinski definition) is 4. The van der Waals surface area contributed by atoms with Crippen LogP contribution in [0.15, 0.2) is 12.1 Å². The van der Waals surface area contributed by atoms with Gasteiger partial charge in [-0.1, -0.05) is 34.8 Å². The molecule has 0 bridgehead atoms. The van der Waals surface area contributed by atoms with E-state index in [0.29, 0.717) is 10.0 Å². The molecular formula is C12H15Cl3N4O. The minimum atomic E-state index is -0.510. The van der Waals surface area contributed by atoms with Gasteiger partial charge in [-0.3, -0.25) is 10.7 Å². The molecule has 4 N–H and O–H groups in total. The summed E-state index contributed by atoms with van der Waals surface area (Å²) in [4.78, 5) is 11.6. The van der Waals surface area contributed by atoms with Crippen molar-refractivity contribution in [1.29, 1.82) is 5.41 Å². The van der Waals surface area contributed by atoms with Gasteiger partial charge in [0.2, 0.25) is 5.96 Å². The standard InChI is InChI=1S/C12H15Cl3N4O/c1-12(2,3)19-11(20)18-10(16)17-9-7(14)5-4-6(13)8(9)15/h4-5H,1-3H3,(H4,16,17,18,19,20). The maximum atomic E-state index is 11.6. The van der Waals surface area contributed by atoms with Gasteiger partial charge >= 0.3 is 6.03 Å². The molecule has 0 aromatic heterocycles. The lowest BCUT2D eigenvalue weighted by atomic mass is 10.1. The smallest absolute Gasteiger partial charge is 0.321 e. The van der Waals surface area contributed by atoms with Crippen molar-refractivity contribution >= 4 is 52.5 Å². The number of carbonyl (C=O) groups excluding carboxylic acids is 1. The SMILES string of the molecule is CC(C)(C)NC(=O)NC(=N)Nc1c(Cl)ccc(Cl)c1Cl. The summed E-state index contributed by atoms with van der Waals surface area (Å²) >= 11 is 17.8. The van der Waals surface area contributed by atoms with Gasteiger partial charge in [0.1, 0.15) is 0 Å². The lowest BCUT2D eigenvalue weighted by Crippen LogP contribution is -2.49. The quantitative estimate of drug-likeness (QED) is 0.354. The summed E-state index contributed by atoms with van der Waals surface area (Å²) in [6.07, 6.45) is 0. The third-order valence-electron chi connectivity index (χ3n) is 2.02. The number of benzene rings is 1. The molecule has 0 fully saturated rings. The molecule has 0 atom stereocenters. The Bertz CT molecular complexity index is 540. The second-order valence-corrected chi connectivity index (χ2v) is 6.24. The van der Waals surface area contributed by atoms with E-state index in [2.05, 4.69) is 16.0 Å². The first-order chi connectivity index (χ1) is 9.10. The molecule has 0 aliphatic rings. The fraction of sp³-hybridized carbons (Fsp3) is 0.333. The molecule has 110 valence electrons. The summed E-state index contributed by atoms with van der Waals surface area (Å²) in [6, 6.07) is 2.57. The fourth-order valence-electron chi connectivity index (χ4n) is 1.28. The Morgan fingerprint density at radius 1 is 1.15 bits per heavy atom. The van der Waals surface area contributed by atoms with Crippen LogP contribution in [-0.4, -0.2) is 17.5 Å². The van der Waals surface area contributed by atoms with Crippen molar-refractivity contribution in [2.24, 2.45) is 0 Å². The molecule has 0 unspecified atom stereocenters. The first-order valence-electron chi connectivity index (χ1n) is 5.68. The van der Waals surface area contributed by atoms with Gasteiger partial charge < -0.3 is 10.6 Å². The number of carbonyl (C=O) groups is 1. The highest BCUT2D eigenvalue weighted by Gasteiger charge is 2.16. The van der Waals surface area contributed by atoms with Crippen LogP contribution < -0.4 is 16.0 Å². The molecule has 0 aliphatic heterocycles. The van der Waals surface area contributed by atoms with Gasteiger partial charge in [0.25, 0.3) is 0 Å². The molecule has 0 radical (unpaired) electrons. The number of halogens is 3. The zero-order chi connectivity index (χ0) is 15.5. The molecule has 1 aromatic rings. The molecule has 0 aliphatic carbocycles. The number of guanidine groups is 1. The van der Waals surface area contributed by atoms with Gasteiger partial charge in [0, 0.05) is 5.54 Å². The first-order valence-corrected chi connectivity index (χ1v) is 6.82. The van der Waals surface area contributed by atoms with E-state index >= 15 is 0 Å². The Hall–Kier alpha value is -1.17. The van der Waals surface area contributed by atoms with Gasteiger partial charge in [0.15, 0.2) is 0 Å². The largest absolute Gasteiger partial charge is 0.333 e. The van der Waals surface area contributed by atoms with Gasteiger partial charge in [-0.15, -0.1) is 0 Å². The maximum Gasteiger partial charge on any atom is 0.321 e. The van der Waals surface area contributed by atoms with E-state index in [1.54, 1.807) is 12.1 Å². The summed E-state index contributed by atoms with van der Waals surface area (Å²) in [5.41, 5.74) is -0.141. The van der Waals surface area contributed by atoms with Gasteiger partial charge in [-0.25, -0.2) is 4.79 Å². The van der Waals surface area contributed by atoms with Gasteiger partial charge in [-0.2, -0.15) is 0 Å². The molecule has 0 heterocycles. The predicted octanol–water partition coefficient (Wildman–Crippen LogP) is 4.09. The van der Waals surface area contributed by atoms with E-state index in [1.807, 2.05) is 20.8 Å². The average Bonchev–Trinajstić information content (AvgIpc) is 2.27. The van der Waals surface area contributed by atoms with E-state index in [9.17, 15) is 4.79 Å². The van der Waals surface area contributed by atoms with Crippen LogP contribution in [-0.2, 0) is 0 Å². The Morgan fingerprint density at radius 2 is 1.70 bits per heavy atom. The van der Waals surface area contributed by atoms with Crippen molar-refractivity contribution in [3.05, 3.63) is 27.2 Å². The van der Waals surface area contributed by atoms with E-state index in [4.69, 9.17) is 40.2 Å². The Labute approximate surface area is 132 Å². The molecule has 20 heavy (non-hydrogen) atoms. The summed E-state index contributed by atoms with van der Waals surface area (Å²) in [5.74, 6) is -0.266. The highest BCUT2D eigenvalue weighted by Crippen LogP contribution is 2.35. The molecule has 1 rings (SSSR count). The van der Waals surface area contributed by atoms with Crippen molar-refractivity contribution in [2.45, 2.75) is 26.3 Å². The van der Waals surface area contributed by atoms with Crippen LogP contribution in [0.4, 0.5) is 10.5 Å². The highest BCUT2D eigenvalue weighted by atomic mass is 35.5. The molecule has 1 aromatic carbocycles. The van der Waals surface area contributed by atoms with Crippen molar-refractivity contribution in [1.82, 2.24) is 10.6 Å². The Balaban J connectivity index is 2.73. The van der Waals surface area contributed by atoms with Crippen LogP contribution in [0.3, 0.4) is 0 Å². The van der Waals surface area contributed by atoms with Crippen molar-refractivity contribution in [3.8, 4) is 0 Å². The van der Waals surface area contributed by atoms with E-state index < -0.39 is 11.6 Å². The lowest BCUT2D eigenvalue weighted by molar-refractivity contribution is 0.236. The van der Waals surface area contributed by atoms with Gasteiger partial charge in [0.05, 0.1) is 20.8 Å². The molecule has 8 heteroatoms. The first kappa shape index (κ1) is 16.9. The van der Waals surface area contributed by atoms with Crippen molar-refractivity contribution in [2.75, 3.05) is 5.32 Å². The summed E-state index contributed by atoms with van der Waals surface area (Å²) in [5, 5.41) is 16.0. The van der Waals surface area contributed by atoms with Crippen LogP contribution in [0.25, 0.3) is 0 Å². The number of rotatable bonds is 1. The average molecular weight is 338 g/mol. The van der Waals surface area contributed by atoms with E-state index in [-0.39, 0.29) is 16.7 Å². The second-order valence-electron chi connectivity index (χ2n) is 5.05. The number of urea groups is 1. The Morgan fingerprint density at radius 3 is 2.25 bits per heavy atom. The van der Waals surface area contributed by atoms with Crippen LogP contribution in [0.2, 0.25) is 15.1 Å². The Kier molecular flexibility index (Phi) is 5.50. The maximum absolute atomic E-state index is 11.6. The van der Waals surface area contributed by atoms with Gasteiger partial charge in [-0.05, 0) is 32.9 Å². The van der Waals surface area contributed by atoms with Crippen LogP contribution in [0, 0.1) is 5.41 Å². The highest BCUT2D eigenvalue weighted by molar-refractivity contribution is 6.46. The molecule has 5 nitrogen and oxygen atoms in total. The number of nitrogens with one attached hydrogen (secondary N) is 4. The monoisotopic (exact) mass is 336 g/mol. The second kappa shape index (κ2) is 6.52. The minimum absolute atomic E-state index is 0.182. The topological polar surface area (TPSA) is 77.0 Å². The summed E-state index contributed by atoms with van der Waals surface area (Å²) in [7, 11) is 0. The predicted molar refractivity (Wildman–Crippen MR) is 84.2 cm³/mol. The van der Waals surface area contributed by atoms with E-state index in [1.165, 1.54) is 0 Å². The zero-order valence-corrected chi connectivity index (χ0v) is 13.5. The molecule has 0 saturated carbocycles. The van der Waals surface area contributed by atoms with Crippen molar-refractivity contribution in [3.63, 3.8) is 0 Å².